The van der Waals surface area contributed by atoms with E-state index in [-0.39, 0.29) is 18.0 Å². The summed E-state index contributed by atoms with van der Waals surface area (Å²) in [6.45, 7) is 3.83. The van der Waals surface area contributed by atoms with Crippen molar-refractivity contribution in [3.63, 3.8) is 0 Å². The summed E-state index contributed by atoms with van der Waals surface area (Å²) in [5.41, 5.74) is -4.96. The molecule has 188 valence electrons. The first kappa shape index (κ1) is 26.1. The first-order valence-corrected chi connectivity index (χ1v) is 10.2. The molecule has 0 radical (unpaired) electrons. The normalized spacial score (nSPS) is 12.6. The Morgan fingerprint density at radius 3 is 1.97 bits per heavy atom. The second-order valence-corrected chi connectivity index (χ2v) is 7.67. The molecule has 0 fully saturated rings. The van der Waals surface area contributed by atoms with Gasteiger partial charge in [0.1, 0.15) is 11.5 Å². The summed E-state index contributed by atoms with van der Waals surface area (Å²) >= 11 is 0. The number of hydrogen-bond acceptors (Lipinski definition) is 5. The van der Waals surface area contributed by atoms with E-state index in [0.29, 0.717) is 41.4 Å². The molecule has 1 aromatic heterocycles. The van der Waals surface area contributed by atoms with E-state index in [2.05, 4.69) is 4.98 Å². The van der Waals surface area contributed by atoms with Crippen molar-refractivity contribution in [3.05, 3.63) is 71.1 Å². The summed E-state index contributed by atoms with van der Waals surface area (Å²) in [4.78, 5) is 17.0. The second-order valence-electron chi connectivity index (χ2n) is 7.67. The van der Waals surface area contributed by atoms with Crippen LogP contribution in [0.3, 0.4) is 0 Å². The summed E-state index contributed by atoms with van der Waals surface area (Å²) in [6, 6.07) is 9.12. The molecule has 12 heteroatoms. The predicted molar refractivity (Wildman–Crippen MR) is 113 cm³/mol. The van der Waals surface area contributed by atoms with Gasteiger partial charge in [0.25, 0.3) is 5.60 Å². The van der Waals surface area contributed by atoms with Gasteiger partial charge in [-0.1, -0.05) is 12.1 Å². The molecule has 0 bridgehead atoms. The van der Waals surface area contributed by atoms with Gasteiger partial charge in [0.05, 0.1) is 12.1 Å². The summed E-state index contributed by atoms with van der Waals surface area (Å²) in [5.74, 6) is -0.434. The number of oxazole rings is 1. The molecule has 35 heavy (non-hydrogen) atoms. The Morgan fingerprint density at radius 1 is 0.971 bits per heavy atom. The molecule has 0 saturated carbocycles. The van der Waals surface area contributed by atoms with Crippen LogP contribution in [0.15, 0.2) is 52.9 Å². The van der Waals surface area contributed by atoms with E-state index in [1.807, 2.05) is 0 Å². The Bertz CT molecular complexity index is 1170. The Hall–Kier alpha value is -3.54. The van der Waals surface area contributed by atoms with Gasteiger partial charge in [-0.2, -0.15) is 26.3 Å². The van der Waals surface area contributed by atoms with Crippen LogP contribution in [0.1, 0.15) is 34.3 Å². The van der Waals surface area contributed by atoms with E-state index in [1.54, 1.807) is 18.7 Å². The maximum Gasteiger partial charge on any atom is 0.430 e. The zero-order chi connectivity index (χ0) is 26.2. The fourth-order valence-corrected chi connectivity index (χ4v) is 3.42. The third-order valence-corrected chi connectivity index (χ3v) is 5.46. The maximum atomic E-state index is 13.1. The van der Waals surface area contributed by atoms with Crippen LogP contribution >= 0.6 is 0 Å². The molecule has 0 amide bonds. The van der Waals surface area contributed by atoms with Gasteiger partial charge in [-0.25, -0.2) is 9.78 Å². The Balaban J connectivity index is 1.86. The Labute approximate surface area is 195 Å². The molecule has 0 aliphatic heterocycles. The second kappa shape index (κ2) is 9.25. The van der Waals surface area contributed by atoms with Crippen LogP contribution in [0.5, 0.6) is 0 Å². The van der Waals surface area contributed by atoms with Gasteiger partial charge < -0.3 is 19.5 Å². The average Bonchev–Trinajstić information content (AvgIpc) is 3.15. The molecule has 0 saturated heterocycles. The highest BCUT2D eigenvalue weighted by molar-refractivity contribution is 5.88. The van der Waals surface area contributed by atoms with Gasteiger partial charge in [-0.15, -0.1) is 0 Å². The van der Waals surface area contributed by atoms with Gasteiger partial charge in [0, 0.05) is 23.4 Å². The average molecular weight is 502 g/mol. The van der Waals surface area contributed by atoms with E-state index in [4.69, 9.17) is 9.52 Å². The number of anilines is 1. The number of hydrogen-bond donors (Lipinski definition) is 2. The number of benzene rings is 2. The highest BCUT2D eigenvalue weighted by atomic mass is 19.4. The molecule has 0 unspecified atom stereocenters. The smallest absolute Gasteiger partial charge is 0.430 e. The van der Waals surface area contributed by atoms with Crippen LogP contribution in [-0.2, 0) is 12.1 Å². The number of carbonyl (C=O) groups is 1. The van der Waals surface area contributed by atoms with Crippen molar-refractivity contribution in [3.8, 4) is 11.5 Å². The maximum absolute atomic E-state index is 13.1. The van der Waals surface area contributed by atoms with E-state index < -0.39 is 29.5 Å². The van der Waals surface area contributed by atoms with Crippen LogP contribution in [0.25, 0.3) is 11.5 Å². The Kier molecular flexibility index (Phi) is 6.89. The molecule has 2 aromatic carbocycles. The quantitative estimate of drug-likeness (QED) is 0.404. The standard InChI is InChI=1S/C23H20F6N2O4/c1-3-31(17-10-8-16(9-11-17)21(34,22(24,25)26)23(27,28)29)12-18-13(2)35-19(30-18)14-4-6-15(7-5-14)20(32)33/h4-11,34H,3,12H2,1-2H3,(H,32,33). The Morgan fingerprint density at radius 2 is 1.51 bits per heavy atom. The van der Waals surface area contributed by atoms with Crippen LogP contribution in [0, 0.1) is 6.92 Å². The number of nitrogens with zero attached hydrogens (tertiary/aromatic N) is 2. The molecule has 3 aromatic rings. The first-order valence-electron chi connectivity index (χ1n) is 10.2. The third kappa shape index (κ3) is 4.97. The minimum absolute atomic E-state index is 0.0841. The summed E-state index contributed by atoms with van der Waals surface area (Å²) < 4.78 is 84.4. The van der Waals surface area contributed by atoms with E-state index in [1.165, 1.54) is 24.3 Å². The molecule has 1 heterocycles. The number of aromatic carboxylic acids is 1. The van der Waals surface area contributed by atoms with Gasteiger partial charge >= 0.3 is 18.3 Å². The van der Waals surface area contributed by atoms with Crippen molar-refractivity contribution < 1.29 is 45.8 Å². The number of alkyl halides is 6. The third-order valence-electron chi connectivity index (χ3n) is 5.46. The minimum Gasteiger partial charge on any atom is -0.478 e. The van der Waals surface area contributed by atoms with Crippen molar-refractivity contribution in [1.29, 1.82) is 0 Å². The van der Waals surface area contributed by atoms with Crippen molar-refractivity contribution in [1.82, 2.24) is 4.98 Å². The summed E-state index contributed by atoms with van der Waals surface area (Å²) in [5, 5.41) is 18.6. The number of aliphatic hydroxyl groups is 1. The number of rotatable bonds is 7. The largest absolute Gasteiger partial charge is 0.478 e. The minimum atomic E-state index is -5.96. The molecule has 2 N–H and O–H groups in total. The fourth-order valence-electron chi connectivity index (χ4n) is 3.42. The molecule has 6 nitrogen and oxygen atoms in total. The van der Waals surface area contributed by atoms with Gasteiger partial charge in [-0.3, -0.25) is 0 Å². The number of aromatic nitrogens is 1. The number of carboxylic acid groups (broad SMARTS) is 1. The number of halogens is 6. The SMILES string of the molecule is CCN(Cc1nc(-c2ccc(C(=O)O)cc2)oc1C)c1ccc(C(O)(C(F)(F)F)C(F)(F)F)cc1. The molecular formula is C23H20F6N2O4. The van der Waals surface area contributed by atoms with Crippen LogP contribution in [0.4, 0.5) is 32.0 Å². The molecule has 0 atom stereocenters. The molecule has 0 aliphatic carbocycles. The van der Waals surface area contributed by atoms with E-state index in [0.717, 1.165) is 12.1 Å². The lowest BCUT2D eigenvalue weighted by Crippen LogP contribution is -2.53. The first-order chi connectivity index (χ1) is 16.2. The lowest BCUT2D eigenvalue weighted by atomic mass is 9.92. The number of carboxylic acids is 1. The zero-order valence-electron chi connectivity index (χ0n) is 18.4. The van der Waals surface area contributed by atoms with Gasteiger partial charge in [0.2, 0.25) is 5.89 Å². The van der Waals surface area contributed by atoms with Crippen LogP contribution < -0.4 is 4.90 Å². The predicted octanol–water partition coefficient (Wildman–Crippen LogP) is 5.69. The van der Waals surface area contributed by atoms with Crippen molar-refractivity contribution in [2.45, 2.75) is 38.3 Å². The topological polar surface area (TPSA) is 86.8 Å². The highest BCUT2D eigenvalue weighted by Crippen LogP contribution is 2.50. The molecular weight excluding hydrogens is 482 g/mol. The van der Waals surface area contributed by atoms with Crippen molar-refractivity contribution in [2.75, 3.05) is 11.4 Å². The van der Waals surface area contributed by atoms with E-state index >= 15 is 0 Å². The van der Waals surface area contributed by atoms with Crippen molar-refractivity contribution >= 4 is 11.7 Å². The van der Waals surface area contributed by atoms with Crippen molar-refractivity contribution in [2.24, 2.45) is 0 Å². The monoisotopic (exact) mass is 502 g/mol. The lowest BCUT2D eigenvalue weighted by molar-refractivity contribution is -0.376. The van der Waals surface area contributed by atoms with Gasteiger partial charge in [0.15, 0.2) is 0 Å². The van der Waals surface area contributed by atoms with Crippen LogP contribution in [-0.4, -0.2) is 40.1 Å². The van der Waals surface area contributed by atoms with Gasteiger partial charge in [-0.05, 0) is 50.2 Å². The van der Waals surface area contributed by atoms with E-state index in [9.17, 15) is 36.2 Å². The zero-order valence-corrected chi connectivity index (χ0v) is 18.4. The van der Waals surface area contributed by atoms with Crippen LogP contribution in [0.2, 0.25) is 0 Å². The highest BCUT2D eigenvalue weighted by Gasteiger charge is 2.71. The molecule has 0 aliphatic rings. The molecule has 3 rings (SSSR count). The summed E-state index contributed by atoms with van der Waals surface area (Å²) in [6.07, 6.45) is -11.9. The lowest BCUT2D eigenvalue weighted by Gasteiger charge is -2.33. The molecule has 0 spiro atoms. The summed E-state index contributed by atoms with van der Waals surface area (Å²) in [7, 11) is 0. The fraction of sp³-hybridized carbons (Fsp3) is 0.304. The number of aryl methyl sites for hydroxylation is 1.